The summed E-state index contributed by atoms with van der Waals surface area (Å²) >= 11 is 9.94. The van der Waals surface area contributed by atoms with E-state index in [9.17, 15) is 28.8 Å². The quantitative estimate of drug-likeness (QED) is 0.0770. The topological polar surface area (TPSA) is 373 Å². The van der Waals surface area contributed by atoms with Gasteiger partial charge in [-0.15, -0.1) is 12.4 Å². The van der Waals surface area contributed by atoms with Gasteiger partial charge in [0.25, 0.3) is 16.7 Å². The average Bonchev–Trinajstić information content (AvgIpc) is 1.65. The third-order valence-electron chi connectivity index (χ3n) is 21.2. The van der Waals surface area contributed by atoms with E-state index in [1.165, 1.54) is 29.0 Å². The molecule has 0 saturated carbocycles. The van der Waals surface area contributed by atoms with Gasteiger partial charge in [0.05, 0.1) is 138 Å². The molecule has 33 nitrogen and oxygen atoms in total. The molecule has 0 aromatic carbocycles. The van der Waals surface area contributed by atoms with Gasteiger partial charge >= 0.3 is 13.2 Å². The van der Waals surface area contributed by atoms with Gasteiger partial charge in [0.15, 0.2) is 5.78 Å². The van der Waals surface area contributed by atoms with Crippen LogP contribution in [0.4, 0.5) is 16.3 Å². The van der Waals surface area contributed by atoms with Crippen molar-refractivity contribution in [1.29, 1.82) is 0 Å². The number of carbonyl (C=O) groups is 3. The normalized spacial score (nSPS) is 13.8. The summed E-state index contributed by atoms with van der Waals surface area (Å²) in [4.78, 5) is 117. The van der Waals surface area contributed by atoms with Gasteiger partial charge in [-0.05, 0) is 268 Å². The van der Waals surface area contributed by atoms with E-state index < -0.39 is 5.60 Å². The number of Topliss-reactive ketones (excluding diaryl/α,β-unsaturated/α-hetero) is 2. The van der Waals surface area contributed by atoms with Crippen LogP contribution in [0.1, 0.15) is 145 Å². The fourth-order valence-electron chi connectivity index (χ4n) is 14.3. The molecule has 130 heavy (non-hydrogen) atoms. The van der Waals surface area contributed by atoms with Crippen molar-refractivity contribution in [2.24, 2.45) is 0 Å². The van der Waals surface area contributed by atoms with Crippen molar-refractivity contribution < 1.29 is 28.4 Å². The van der Waals surface area contributed by atoms with E-state index in [1.54, 1.807) is 87.0 Å². The summed E-state index contributed by atoms with van der Waals surface area (Å²) in [5, 5.41) is 21.2. The molecule has 0 bridgehead atoms. The third kappa shape index (κ3) is 23.0. The molecule has 16 aromatic rings. The number of piperazine rings is 1. The lowest BCUT2D eigenvalue weighted by molar-refractivity contribution is -0.116. The summed E-state index contributed by atoms with van der Waals surface area (Å²) in [5.41, 5.74) is 23.9. The largest absolute Gasteiger partial charge is 0.514 e. The molecular weight excluding hydrogens is 1870 g/mol. The highest BCUT2D eigenvalue weighted by molar-refractivity contribution is 9.11. The van der Waals surface area contributed by atoms with E-state index in [1.807, 2.05) is 195 Å². The molecule has 2 fully saturated rings. The molecule has 0 aliphatic carbocycles. The van der Waals surface area contributed by atoms with Gasteiger partial charge in [0, 0.05) is 95.3 Å². The SMILES string of the molecule is C.C.CC(=O)CC(=O)c1cc2c(C)nc(C)cn2n1.CC1(C)OB(c2ccc(Br)cn2)OC1(C)C.Cc1cn2nc(-c3cc(=O)n4cc(Br)ccc4n3)cc2c(C)n1.Cc1cn2nc(-c3cc(=O)n4cc(C5=CCNCC5)ccc4n3)cc2c(C)n1.Cc1cn2nc(-c3cc(=O)n4cc(N5CCN(C(=O)OC(C)(C)C)CC5)ccc4n3)cc2c(C)n1.Cl.Nc1ccc(Br)cn1. The van der Waals surface area contributed by atoms with E-state index in [2.05, 4.69) is 129 Å². The predicted octanol–water partition coefficient (Wildman–Crippen LogP) is 15.0. The van der Waals surface area contributed by atoms with Crippen LogP contribution >= 0.6 is 60.2 Å². The number of carbonyl (C=O) groups excluding carboxylic acids is 3. The Morgan fingerprint density at radius 2 is 0.931 bits per heavy atom. The maximum absolute atomic E-state index is 13.0. The number of anilines is 2. The number of halogens is 4. The molecule has 0 atom stereocenters. The minimum Gasteiger partial charge on any atom is -0.444 e. The zero-order chi connectivity index (χ0) is 90.8. The number of pyridine rings is 5. The van der Waals surface area contributed by atoms with Crippen LogP contribution in [0.15, 0.2) is 193 Å². The van der Waals surface area contributed by atoms with Gasteiger partial charge in [0.1, 0.15) is 56.9 Å². The molecule has 0 spiro atoms. The highest BCUT2D eigenvalue weighted by atomic mass is 79.9. The monoisotopic (exact) mass is 1970 g/mol. The van der Waals surface area contributed by atoms with Gasteiger partial charge in [-0.1, -0.05) is 20.9 Å². The van der Waals surface area contributed by atoms with Gasteiger partial charge in [-0.2, -0.15) is 20.4 Å². The Kier molecular flexibility index (Phi) is 30.7. The molecule has 1 amide bonds. The number of nitrogens with two attached hydrogens (primary N) is 1. The number of aryl methyl sites for hydroxylation is 8. The van der Waals surface area contributed by atoms with E-state index in [0.717, 1.165) is 117 Å². The number of aromatic nitrogens is 20. The second-order valence-corrected chi connectivity index (χ2v) is 35.7. The lowest BCUT2D eigenvalue weighted by Gasteiger charge is -2.36. The van der Waals surface area contributed by atoms with Crippen LogP contribution in [0.5, 0.6) is 0 Å². The van der Waals surface area contributed by atoms with Crippen LogP contribution in [-0.2, 0) is 18.8 Å². The molecule has 3 N–H and O–H groups in total. The molecule has 3 aliphatic rings. The van der Waals surface area contributed by atoms with Crippen molar-refractivity contribution in [3.63, 3.8) is 0 Å². The second-order valence-electron chi connectivity index (χ2n) is 32.9. The first kappa shape index (κ1) is 98.1. The minimum absolute atomic E-state index is 0. The van der Waals surface area contributed by atoms with E-state index >= 15 is 0 Å². The standard InChI is InChI=1S/C25H29N7O3.C21H20N6O.C16H12BrN5O.C12H13N3O2.C11H15BBrNO2.C5H5BrN2.2CH4.ClH/c1-16-14-32-21(17(2)26-16)12-20(28-32)19-13-23(33)31-15-18(6-7-22(31)27-19)29-8-10-30(11-9-29)24(34)35-25(3,4)5;1-13-11-27-19(14(2)23-13)9-18(25-27)17-10-21(28)26-12-16(3-4-20(26)24-17)15-5-7-22-8-6-15;1-9-7-22-14(10(2)18-9)5-13(20-22)12-6-16(23)21-8-11(17)3-4-15(21)19-12;1-7-6-15-11(9(3)13-7)5-10(14-15)12(17)4-8(2)16;1-10(2)11(3,4)16-12(15-10)9-6-5-8(13)7-14-9;6-4-1-2-5(7)8-3-4;;;/h6-7,12-15H,8-11H2,1-5H3;3-5,9-12,22H,6-8H2,1-2H3;3-8H,1-2H3;5-6H,4H2,1-3H3;5-7H,1-4H3;1-3H,(H2,7,8);2*1H4;1H. The van der Waals surface area contributed by atoms with Crippen LogP contribution in [0.3, 0.4) is 0 Å². The summed E-state index contributed by atoms with van der Waals surface area (Å²) < 4.78 is 31.6. The molecule has 19 rings (SSSR count). The minimum atomic E-state index is -0.516. The van der Waals surface area contributed by atoms with E-state index in [4.69, 9.17) is 19.8 Å². The van der Waals surface area contributed by atoms with E-state index in [0.29, 0.717) is 88.8 Å². The Hall–Kier alpha value is -12.5. The molecule has 0 radical (unpaired) electrons. The first-order chi connectivity index (χ1) is 60.2. The summed E-state index contributed by atoms with van der Waals surface area (Å²) in [6, 6.07) is 30.8. The lowest BCUT2D eigenvalue weighted by Crippen LogP contribution is -2.50. The fraction of sp³-hybridized carbons (Fsp3) is 0.315. The highest BCUT2D eigenvalue weighted by Gasteiger charge is 2.52. The molecule has 3 aliphatic heterocycles. The molecular formula is C92H103BBr3ClN24O9. The Morgan fingerprint density at radius 3 is 1.35 bits per heavy atom. The van der Waals surface area contributed by atoms with E-state index in [-0.39, 0.29) is 86.3 Å². The van der Waals surface area contributed by atoms with Gasteiger partial charge in [-0.3, -0.25) is 62.1 Å². The molecule has 38 heteroatoms. The van der Waals surface area contributed by atoms with Gasteiger partial charge in [-0.25, -0.2) is 42.8 Å². The molecule has 2 saturated heterocycles. The molecule has 16 aromatic heterocycles. The number of hydrogen-bond acceptors (Lipinski definition) is 25. The first-order valence-corrected chi connectivity index (χ1v) is 43.2. The zero-order valence-corrected chi connectivity index (χ0v) is 79.0. The maximum Gasteiger partial charge on any atom is 0.514 e. The smallest absolute Gasteiger partial charge is 0.444 e. The van der Waals surface area contributed by atoms with Gasteiger partial charge in [0.2, 0.25) is 0 Å². The van der Waals surface area contributed by atoms with Crippen molar-refractivity contribution in [3.05, 3.63) is 266 Å². The predicted molar refractivity (Wildman–Crippen MR) is 519 cm³/mol. The number of nitrogen functional groups attached to an aromatic ring is 1. The van der Waals surface area contributed by atoms with Crippen molar-refractivity contribution in [2.75, 3.05) is 49.9 Å². The van der Waals surface area contributed by atoms with Crippen molar-refractivity contribution >= 4 is 147 Å². The first-order valence-electron chi connectivity index (χ1n) is 40.9. The van der Waals surface area contributed by atoms with Crippen molar-refractivity contribution in [2.45, 2.75) is 155 Å². The Labute approximate surface area is 782 Å². The number of ether oxygens (including phenoxy) is 1. The third-order valence-corrected chi connectivity index (χ3v) is 22.6. The maximum atomic E-state index is 13.0. The molecule has 19 heterocycles. The summed E-state index contributed by atoms with van der Waals surface area (Å²) in [5.74, 6) is 0.143. The highest BCUT2D eigenvalue weighted by Crippen LogP contribution is 2.37. The van der Waals surface area contributed by atoms with Crippen LogP contribution in [0, 0.1) is 55.4 Å². The number of fused-ring (bicyclic) bond motifs is 7. The van der Waals surface area contributed by atoms with Crippen LogP contribution in [-0.4, -0.2) is 182 Å². The van der Waals surface area contributed by atoms with Crippen LogP contribution in [0.25, 0.3) is 78.7 Å². The number of nitrogens with one attached hydrogen (secondary N) is 1. The Morgan fingerprint density at radius 1 is 0.508 bits per heavy atom. The summed E-state index contributed by atoms with van der Waals surface area (Å²) in [6.45, 7) is 34.7. The van der Waals surface area contributed by atoms with Crippen LogP contribution in [0.2, 0.25) is 0 Å². The number of amides is 1. The van der Waals surface area contributed by atoms with Crippen LogP contribution < -0.4 is 38.2 Å². The lowest BCUT2D eigenvalue weighted by atomic mass is 9.84. The average molecular weight is 1970 g/mol. The number of hydrogen-bond donors (Lipinski definition) is 2. The molecule has 676 valence electrons. The second kappa shape index (κ2) is 40.7. The Balaban J connectivity index is 0.000000156. The number of ketones is 2. The zero-order valence-electron chi connectivity index (χ0n) is 73.5. The number of rotatable bonds is 9. The summed E-state index contributed by atoms with van der Waals surface area (Å²) in [7, 11) is -0.377. The van der Waals surface area contributed by atoms with Gasteiger partial charge < -0.3 is 34.9 Å². The molecule has 0 unspecified atom stereocenters. The van der Waals surface area contributed by atoms with Crippen molar-refractivity contribution in [3.8, 4) is 34.2 Å². The Bertz CT molecular complexity index is 7120. The number of nitrogens with zero attached hydrogens (tertiary/aromatic N) is 22. The summed E-state index contributed by atoms with van der Waals surface area (Å²) in [6.07, 6.45) is 18.9. The van der Waals surface area contributed by atoms with Crippen molar-refractivity contribution in [1.82, 2.24) is 107 Å². The fourth-order valence-corrected chi connectivity index (χ4v) is 15.1.